The van der Waals surface area contributed by atoms with Crippen molar-refractivity contribution in [2.24, 2.45) is 0 Å². The summed E-state index contributed by atoms with van der Waals surface area (Å²) in [5, 5.41) is 9.88. The summed E-state index contributed by atoms with van der Waals surface area (Å²) in [6, 6.07) is 19.1. The first kappa shape index (κ1) is 17.0. The lowest BCUT2D eigenvalue weighted by Crippen LogP contribution is -2.33. The quantitative estimate of drug-likeness (QED) is 0.847. The first-order valence-corrected chi connectivity index (χ1v) is 7.99. The van der Waals surface area contributed by atoms with Gasteiger partial charge >= 0.3 is 0 Å². The second kappa shape index (κ2) is 8.35. The summed E-state index contributed by atoms with van der Waals surface area (Å²) in [7, 11) is 0. The van der Waals surface area contributed by atoms with Gasteiger partial charge in [0.05, 0.1) is 19.8 Å². The third kappa shape index (κ3) is 4.39. The molecule has 5 heteroatoms. The zero-order chi connectivity index (χ0) is 16.8. The summed E-state index contributed by atoms with van der Waals surface area (Å²) in [5.41, 5.74) is 1.92. The van der Waals surface area contributed by atoms with Gasteiger partial charge in [0, 0.05) is 0 Å². The van der Waals surface area contributed by atoms with Gasteiger partial charge in [-0.05, 0) is 11.1 Å². The Morgan fingerprint density at radius 2 is 1.50 bits per heavy atom. The number of hydrogen-bond donors (Lipinski definition) is 1. The maximum atomic E-state index is 14.4. The van der Waals surface area contributed by atoms with E-state index >= 15 is 0 Å². The molecule has 4 nitrogen and oxygen atoms in total. The van der Waals surface area contributed by atoms with E-state index in [0.717, 1.165) is 11.1 Å². The molecule has 0 spiro atoms. The third-order valence-electron chi connectivity index (χ3n) is 3.94. The van der Waals surface area contributed by atoms with Gasteiger partial charge in [0.15, 0.2) is 12.5 Å². The molecule has 128 valence electrons. The predicted octanol–water partition coefficient (Wildman–Crippen LogP) is 2.84. The smallest absolute Gasteiger partial charge is 0.184 e. The first-order chi connectivity index (χ1) is 11.7. The lowest BCUT2D eigenvalue weighted by atomic mass is 10.1. The highest BCUT2D eigenvalue weighted by atomic mass is 19.1. The Morgan fingerprint density at radius 3 is 2.12 bits per heavy atom. The lowest BCUT2D eigenvalue weighted by molar-refractivity contribution is -0.152. The Labute approximate surface area is 140 Å². The van der Waals surface area contributed by atoms with Crippen LogP contribution in [0, 0.1) is 0 Å². The second-order valence-corrected chi connectivity index (χ2v) is 5.77. The molecule has 1 heterocycles. The molecule has 24 heavy (non-hydrogen) atoms. The van der Waals surface area contributed by atoms with E-state index in [0.29, 0.717) is 6.61 Å². The highest BCUT2D eigenvalue weighted by Crippen LogP contribution is 2.26. The van der Waals surface area contributed by atoms with Crippen LogP contribution in [0.25, 0.3) is 0 Å². The van der Waals surface area contributed by atoms with E-state index in [2.05, 4.69) is 0 Å². The van der Waals surface area contributed by atoms with Crippen molar-refractivity contribution in [3.05, 3.63) is 71.8 Å². The van der Waals surface area contributed by atoms with Crippen molar-refractivity contribution in [3.63, 3.8) is 0 Å². The van der Waals surface area contributed by atoms with Crippen LogP contribution >= 0.6 is 0 Å². The van der Waals surface area contributed by atoms with Crippen LogP contribution in [-0.4, -0.2) is 36.4 Å². The molecular formula is C19H21FO4. The molecule has 0 unspecified atom stereocenters. The van der Waals surface area contributed by atoms with Crippen molar-refractivity contribution >= 4 is 0 Å². The van der Waals surface area contributed by atoms with E-state index < -0.39 is 24.7 Å². The number of ether oxygens (including phenoxy) is 3. The number of benzene rings is 2. The maximum Gasteiger partial charge on any atom is 0.184 e. The molecule has 1 aliphatic rings. The minimum absolute atomic E-state index is 0.0678. The van der Waals surface area contributed by atoms with Gasteiger partial charge in [-0.25, -0.2) is 4.39 Å². The van der Waals surface area contributed by atoms with Gasteiger partial charge in [-0.15, -0.1) is 0 Å². The van der Waals surface area contributed by atoms with Gasteiger partial charge in [0.25, 0.3) is 0 Å². The molecule has 1 saturated heterocycles. The minimum Gasteiger partial charge on any atom is -0.374 e. The fourth-order valence-corrected chi connectivity index (χ4v) is 2.64. The monoisotopic (exact) mass is 332 g/mol. The number of halogens is 1. The van der Waals surface area contributed by atoms with Gasteiger partial charge in [-0.2, -0.15) is 0 Å². The van der Waals surface area contributed by atoms with Gasteiger partial charge in [0.1, 0.15) is 12.2 Å². The average Bonchev–Trinajstić information content (AvgIpc) is 2.89. The molecule has 1 fully saturated rings. The molecular weight excluding hydrogens is 311 g/mol. The Hall–Kier alpha value is -1.79. The molecule has 2 aromatic rings. The van der Waals surface area contributed by atoms with E-state index in [1.807, 2.05) is 60.7 Å². The molecule has 0 aliphatic carbocycles. The fraction of sp³-hybridized carbons (Fsp3) is 0.368. The summed E-state index contributed by atoms with van der Waals surface area (Å²) in [6.45, 7) is 0.668. The van der Waals surface area contributed by atoms with Crippen LogP contribution in [0.2, 0.25) is 0 Å². The van der Waals surface area contributed by atoms with Crippen LogP contribution in [0.3, 0.4) is 0 Å². The van der Waals surface area contributed by atoms with Crippen LogP contribution in [0.5, 0.6) is 0 Å². The molecule has 0 aromatic heterocycles. The van der Waals surface area contributed by atoms with E-state index in [4.69, 9.17) is 14.2 Å². The molecule has 3 rings (SSSR count). The average molecular weight is 332 g/mol. The molecule has 0 radical (unpaired) electrons. The molecule has 1 N–H and O–H groups in total. The van der Waals surface area contributed by atoms with E-state index in [1.165, 1.54) is 0 Å². The van der Waals surface area contributed by atoms with Crippen LogP contribution in [0.1, 0.15) is 11.1 Å². The maximum absolute atomic E-state index is 14.4. The van der Waals surface area contributed by atoms with E-state index in [9.17, 15) is 9.50 Å². The number of alkyl halides is 1. The Balaban J connectivity index is 1.46. The van der Waals surface area contributed by atoms with Crippen molar-refractivity contribution in [1.29, 1.82) is 0 Å². The van der Waals surface area contributed by atoms with Gasteiger partial charge in [-0.3, -0.25) is 0 Å². The third-order valence-corrected chi connectivity index (χ3v) is 3.94. The van der Waals surface area contributed by atoms with Crippen molar-refractivity contribution in [3.8, 4) is 0 Å². The highest BCUT2D eigenvalue weighted by Gasteiger charge is 2.45. The molecule has 2 aromatic carbocycles. The Kier molecular flexibility index (Phi) is 5.93. The molecule has 0 bridgehead atoms. The van der Waals surface area contributed by atoms with E-state index in [1.54, 1.807) is 0 Å². The van der Waals surface area contributed by atoms with Crippen LogP contribution < -0.4 is 0 Å². The topological polar surface area (TPSA) is 47.9 Å². The molecule has 0 amide bonds. The van der Waals surface area contributed by atoms with Gasteiger partial charge < -0.3 is 19.3 Å². The van der Waals surface area contributed by atoms with Crippen LogP contribution in [-0.2, 0) is 27.4 Å². The van der Waals surface area contributed by atoms with Crippen molar-refractivity contribution in [2.45, 2.75) is 37.9 Å². The second-order valence-electron chi connectivity index (χ2n) is 5.77. The largest absolute Gasteiger partial charge is 0.374 e. The number of hydrogen-bond acceptors (Lipinski definition) is 4. The van der Waals surface area contributed by atoms with Crippen molar-refractivity contribution in [1.82, 2.24) is 0 Å². The SMILES string of the molecule is O[C@@H]1O[C@H](COCc2ccccc2)[C@@H](F)[C@H]1OCc1ccccc1. The van der Waals surface area contributed by atoms with E-state index in [-0.39, 0.29) is 13.2 Å². The Morgan fingerprint density at radius 1 is 0.917 bits per heavy atom. The highest BCUT2D eigenvalue weighted by molar-refractivity contribution is 5.14. The fourth-order valence-electron chi connectivity index (χ4n) is 2.64. The van der Waals surface area contributed by atoms with Crippen molar-refractivity contribution < 1.29 is 23.7 Å². The number of aliphatic hydroxyl groups is 1. The zero-order valence-electron chi connectivity index (χ0n) is 13.3. The molecule has 0 saturated carbocycles. The molecule has 1 aliphatic heterocycles. The minimum atomic E-state index is -1.43. The summed E-state index contributed by atoms with van der Waals surface area (Å²) in [5.74, 6) is 0. The van der Waals surface area contributed by atoms with Gasteiger partial charge in [-0.1, -0.05) is 60.7 Å². The summed E-state index contributed by atoms with van der Waals surface area (Å²) in [4.78, 5) is 0. The first-order valence-electron chi connectivity index (χ1n) is 7.99. The zero-order valence-corrected chi connectivity index (χ0v) is 13.3. The van der Waals surface area contributed by atoms with Crippen LogP contribution in [0.15, 0.2) is 60.7 Å². The van der Waals surface area contributed by atoms with Gasteiger partial charge in [0.2, 0.25) is 0 Å². The van der Waals surface area contributed by atoms with Crippen LogP contribution in [0.4, 0.5) is 4.39 Å². The number of aliphatic hydroxyl groups excluding tert-OH is 1. The summed E-state index contributed by atoms with van der Waals surface area (Å²) in [6.07, 6.45) is -4.55. The summed E-state index contributed by atoms with van der Waals surface area (Å²) >= 11 is 0. The predicted molar refractivity (Wildman–Crippen MR) is 86.9 cm³/mol. The normalized spacial score (nSPS) is 26.6. The Bertz CT molecular complexity index is 607. The lowest BCUT2D eigenvalue weighted by Gasteiger charge is -2.16. The standard InChI is InChI=1S/C19H21FO4/c20-17-16(13-22-11-14-7-3-1-4-8-14)24-19(21)18(17)23-12-15-9-5-2-6-10-15/h1-10,16-19,21H,11-13H2/t16-,17-,18-,19-/m1/s1. The molecule has 4 atom stereocenters. The van der Waals surface area contributed by atoms with Crippen molar-refractivity contribution in [2.75, 3.05) is 6.61 Å². The number of rotatable bonds is 7. The summed E-state index contributed by atoms with van der Waals surface area (Å²) < 4.78 is 30.7.